The van der Waals surface area contributed by atoms with E-state index < -0.39 is 17.3 Å². The maximum absolute atomic E-state index is 13.0. The summed E-state index contributed by atoms with van der Waals surface area (Å²) in [4.78, 5) is 5.40. The van der Waals surface area contributed by atoms with E-state index in [-0.39, 0.29) is 0 Å². The molecular weight excluding hydrogens is 353 g/mol. The summed E-state index contributed by atoms with van der Waals surface area (Å²) in [5, 5.41) is 12.1. The van der Waals surface area contributed by atoms with Crippen molar-refractivity contribution in [3.8, 4) is 0 Å². The quantitative estimate of drug-likeness (QED) is 0.699. The molecule has 1 aromatic heterocycles. The maximum Gasteiger partial charge on any atom is 0.416 e. The number of piperidine rings is 1. The Kier molecular flexibility index (Phi) is 4.48. The number of aromatic nitrogens is 1. The lowest BCUT2D eigenvalue weighted by Crippen LogP contribution is -2.42. The number of rotatable bonds is 3. The van der Waals surface area contributed by atoms with E-state index >= 15 is 0 Å². The van der Waals surface area contributed by atoms with Gasteiger partial charge < -0.3 is 10.1 Å². The van der Waals surface area contributed by atoms with Gasteiger partial charge in [-0.15, -0.1) is 0 Å². The van der Waals surface area contributed by atoms with Crippen molar-refractivity contribution in [2.75, 3.05) is 13.1 Å². The van der Waals surface area contributed by atoms with Crippen molar-refractivity contribution < 1.29 is 18.3 Å². The Morgan fingerprint density at radius 2 is 1.81 bits per heavy atom. The molecule has 0 spiro atoms. The van der Waals surface area contributed by atoms with Crippen LogP contribution in [0.25, 0.3) is 10.9 Å². The zero-order chi connectivity index (χ0) is 19.1. The lowest BCUT2D eigenvalue weighted by molar-refractivity contribution is -0.137. The van der Waals surface area contributed by atoms with Crippen LogP contribution in [0.15, 0.2) is 54.7 Å². The fourth-order valence-corrected chi connectivity index (χ4v) is 3.81. The SMILES string of the molecule is OC1(c2cccc(C(F)(F)F)c2)CCN(Cc2ccc3[nH]ccc3c2)CC1. The normalized spacial score (nSPS) is 18.1. The Labute approximate surface area is 155 Å². The number of benzene rings is 2. The summed E-state index contributed by atoms with van der Waals surface area (Å²) in [6.45, 7) is 2.04. The first-order valence-electron chi connectivity index (χ1n) is 9.02. The van der Waals surface area contributed by atoms with E-state index in [1.807, 2.05) is 18.3 Å². The van der Waals surface area contributed by atoms with Crippen LogP contribution in [0.3, 0.4) is 0 Å². The van der Waals surface area contributed by atoms with Crippen molar-refractivity contribution in [2.45, 2.75) is 31.2 Å². The molecule has 1 aliphatic heterocycles. The van der Waals surface area contributed by atoms with Gasteiger partial charge in [-0.25, -0.2) is 0 Å². The van der Waals surface area contributed by atoms with Crippen LogP contribution in [-0.2, 0) is 18.3 Å². The van der Waals surface area contributed by atoms with Crippen LogP contribution in [0.2, 0.25) is 0 Å². The van der Waals surface area contributed by atoms with Crippen molar-refractivity contribution in [3.05, 3.63) is 71.4 Å². The molecular formula is C21H21F3N2O. The first-order chi connectivity index (χ1) is 12.8. The van der Waals surface area contributed by atoms with Crippen LogP contribution in [-0.4, -0.2) is 28.1 Å². The zero-order valence-corrected chi connectivity index (χ0v) is 14.8. The van der Waals surface area contributed by atoms with E-state index in [1.54, 1.807) is 6.07 Å². The molecule has 0 aliphatic carbocycles. The second-order valence-electron chi connectivity index (χ2n) is 7.29. The summed E-state index contributed by atoms with van der Waals surface area (Å²) in [5.41, 5.74) is 0.715. The lowest BCUT2D eigenvalue weighted by Gasteiger charge is -2.38. The third-order valence-electron chi connectivity index (χ3n) is 5.43. The number of halogens is 3. The number of nitrogens with one attached hydrogen (secondary N) is 1. The van der Waals surface area contributed by atoms with Gasteiger partial charge in [-0.1, -0.05) is 18.2 Å². The summed E-state index contributed by atoms with van der Waals surface area (Å²) < 4.78 is 38.9. The molecule has 3 nitrogen and oxygen atoms in total. The predicted octanol–water partition coefficient (Wildman–Crippen LogP) is 4.67. The number of hydrogen-bond acceptors (Lipinski definition) is 2. The molecule has 27 heavy (non-hydrogen) atoms. The third kappa shape index (κ3) is 3.73. The summed E-state index contributed by atoms with van der Waals surface area (Å²) >= 11 is 0. The topological polar surface area (TPSA) is 39.3 Å². The van der Waals surface area contributed by atoms with Crippen LogP contribution in [0, 0.1) is 0 Å². The zero-order valence-electron chi connectivity index (χ0n) is 14.8. The highest BCUT2D eigenvalue weighted by Gasteiger charge is 2.37. The van der Waals surface area contributed by atoms with Gasteiger partial charge in [0.25, 0.3) is 0 Å². The number of fused-ring (bicyclic) bond motifs is 1. The van der Waals surface area contributed by atoms with Crippen LogP contribution in [0.1, 0.15) is 29.5 Å². The monoisotopic (exact) mass is 374 g/mol. The summed E-state index contributed by atoms with van der Waals surface area (Å²) in [6, 6.07) is 13.4. The fraction of sp³-hybridized carbons (Fsp3) is 0.333. The van der Waals surface area contributed by atoms with Crippen LogP contribution in [0.4, 0.5) is 13.2 Å². The summed E-state index contributed by atoms with van der Waals surface area (Å²) in [6.07, 6.45) is -1.66. The average Bonchev–Trinajstić information content (AvgIpc) is 3.11. The van der Waals surface area contributed by atoms with Gasteiger partial charge in [0.15, 0.2) is 0 Å². The molecule has 2 heterocycles. The minimum Gasteiger partial charge on any atom is -0.385 e. The Bertz CT molecular complexity index is 940. The van der Waals surface area contributed by atoms with Gasteiger partial charge in [0.05, 0.1) is 11.2 Å². The van der Waals surface area contributed by atoms with Crippen LogP contribution < -0.4 is 0 Å². The number of hydrogen-bond donors (Lipinski definition) is 2. The van der Waals surface area contributed by atoms with Gasteiger partial charge in [0.1, 0.15) is 0 Å². The molecule has 1 aliphatic rings. The Hall–Kier alpha value is -2.31. The number of H-pyrrole nitrogens is 1. The number of nitrogens with zero attached hydrogens (tertiary/aromatic N) is 1. The number of alkyl halides is 3. The molecule has 0 bridgehead atoms. The van der Waals surface area contributed by atoms with Crippen molar-refractivity contribution >= 4 is 10.9 Å². The van der Waals surface area contributed by atoms with Crippen LogP contribution in [0.5, 0.6) is 0 Å². The molecule has 142 valence electrons. The van der Waals surface area contributed by atoms with Gasteiger partial charge >= 0.3 is 6.18 Å². The summed E-state index contributed by atoms with van der Waals surface area (Å²) in [7, 11) is 0. The van der Waals surface area contributed by atoms with Crippen molar-refractivity contribution in [2.24, 2.45) is 0 Å². The Morgan fingerprint density at radius 1 is 1.04 bits per heavy atom. The predicted molar refractivity (Wildman–Crippen MR) is 98.2 cm³/mol. The van der Waals surface area contributed by atoms with Gasteiger partial charge in [-0.3, -0.25) is 4.90 Å². The van der Waals surface area contributed by atoms with E-state index in [0.717, 1.165) is 29.6 Å². The average molecular weight is 374 g/mol. The van der Waals surface area contributed by atoms with Crippen molar-refractivity contribution in [1.29, 1.82) is 0 Å². The molecule has 3 aromatic rings. The largest absolute Gasteiger partial charge is 0.416 e. The molecule has 1 saturated heterocycles. The molecule has 2 aromatic carbocycles. The van der Waals surface area contributed by atoms with Crippen molar-refractivity contribution in [1.82, 2.24) is 9.88 Å². The highest BCUT2D eigenvalue weighted by Crippen LogP contribution is 2.37. The lowest BCUT2D eigenvalue weighted by atomic mass is 9.83. The smallest absolute Gasteiger partial charge is 0.385 e. The molecule has 0 unspecified atom stereocenters. The van der Waals surface area contributed by atoms with Crippen LogP contribution >= 0.6 is 0 Å². The van der Waals surface area contributed by atoms with E-state index in [1.165, 1.54) is 11.6 Å². The maximum atomic E-state index is 13.0. The number of aliphatic hydroxyl groups is 1. The minimum absolute atomic E-state index is 0.353. The molecule has 4 rings (SSSR count). The molecule has 0 atom stereocenters. The number of likely N-dealkylation sites (tertiary alicyclic amines) is 1. The van der Waals surface area contributed by atoms with Crippen molar-refractivity contribution in [3.63, 3.8) is 0 Å². The molecule has 0 amide bonds. The van der Waals surface area contributed by atoms with Gasteiger partial charge in [-0.2, -0.15) is 13.2 Å². The van der Waals surface area contributed by atoms with E-state index in [4.69, 9.17) is 0 Å². The van der Waals surface area contributed by atoms with Gasteiger partial charge in [0.2, 0.25) is 0 Å². The molecule has 0 radical (unpaired) electrons. The number of aromatic amines is 1. The van der Waals surface area contributed by atoms with Gasteiger partial charge in [-0.05, 0) is 59.7 Å². The van der Waals surface area contributed by atoms with Gasteiger partial charge in [0, 0.05) is 31.3 Å². The standard InChI is InChI=1S/C21H21F3N2O/c22-21(23,24)18-3-1-2-17(13-18)20(27)7-10-26(11-8-20)14-15-4-5-19-16(12-15)6-9-25-19/h1-6,9,12-13,25,27H,7-8,10-11,14H2. The highest BCUT2D eigenvalue weighted by molar-refractivity contribution is 5.79. The molecule has 1 fully saturated rings. The fourth-order valence-electron chi connectivity index (χ4n) is 3.81. The summed E-state index contributed by atoms with van der Waals surface area (Å²) in [5.74, 6) is 0. The molecule has 6 heteroatoms. The highest BCUT2D eigenvalue weighted by atomic mass is 19.4. The van der Waals surface area contributed by atoms with E-state index in [2.05, 4.69) is 22.0 Å². The minimum atomic E-state index is -4.40. The first kappa shape index (κ1) is 18.1. The Balaban J connectivity index is 1.44. The third-order valence-corrected chi connectivity index (χ3v) is 5.43. The molecule has 2 N–H and O–H groups in total. The Morgan fingerprint density at radius 3 is 2.56 bits per heavy atom. The molecule has 0 saturated carbocycles. The van der Waals surface area contributed by atoms with E-state index in [9.17, 15) is 18.3 Å². The second-order valence-corrected chi connectivity index (χ2v) is 7.29. The first-order valence-corrected chi connectivity index (χ1v) is 9.02. The van der Waals surface area contributed by atoms with E-state index in [0.29, 0.717) is 31.5 Å². The second kappa shape index (κ2) is 6.69.